The minimum absolute atomic E-state index is 0.441. The van der Waals surface area contributed by atoms with E-state index in [1.165, 1.54) is 4.88 Å². The van der Waals surface area contributed by atoms with Crippen LogP contribution < -0.4 is 5.32 Å². The van der Waals surface area contributed by atoms with Gasteiger partial charge in [-0.05, 0) is 31.3 Å². The Labute approximate surface area is 99.3 Å². The van der Waals surface area contributed by atoms with Gasteiger partial charge in [-0.3, -0.25) is 4.68 Å². The average Bonchev–Trinajstić information content (AvgIpc) is 2.96. The highest BCUT2D eigenvalue weighted by atomic mass is 32.1. The van der Waals surface area contributed by atoms with Crippen molar-refractivity contribution in [1.82, 2.24) is 20.3 Å². The Bertz CT molecular complexity index is 382. The minimum atomic E-state index is 0.441. The van der Waals surface area contributed by atoms with Crippen LogP contribution in [0.15, 0.2) is 29.9 Å². The Morgan fingerprint density at radius 3 is 3.19 bits per heavy atom. The average molecular weight is 236 g/mol. The van der Waals surface area contributed by atoms with E-state index in [-0.39, 0.29) is 0 Å². The number of hydrogen-bond acceptors (Lipinski definition) is 4. The molecule has 2 rings (SSSR count). The van der Waals surface area contributed by atoms with Gasteiger partial charge in [-0.2, -0.15) is 0 Å². The lowest BCUT2D eigenvalue weighted by Gasteiger charge is -2.11. The van der Waals surface area contributed by atoms with E-state index in [4.69, 9.17) is 0 Å². The molecule has 0 spiro atoms. The van der Waals surface area contributed by atoms with Crippen LogP contribution in [0.5, 0.6) is 0 Å². The molecule has 0 radical (unpaired) electrons. The van der Waals surface area contributed by atoms with Crippen molar-refractivity contribution in [2.24, 2.45) is 0 Å². The summed E-state index contributed by atoms with van der Waals surface area (Å²) in [5.74, 6) is 0. The molecule has 0 aliphatic carbocycles. The molecule has 0 aliphatic rings. The number of aryl methyl sites for hydroxylation is 1. The monoisotopic (exact) mass is 236 g/mol. The maximum absolute atomic E-state index is 3.92. The fourth-order valence-corrected chi connectivity index (χ4v) is 2.31. The zero-order chi connectivity index (χ0) is 11.2. The van der Waals surface area contributed by atoms with Crippen molar-refractivity contribution >= 4 is 11.3 Å². The summed E-state index contributed by atoms with van der Waals surface area (Å²) >= 11 is 1.80. The van der Waals surface area contributed by atoms with Crippen molar-refractivity contribution in [3.63, 3.8) is 0 Å². The van der Waals surface area contributed by atoms with Gasteiger partial charge >= 0.3 is 0 Å². The third kappa shape index (κ3) is 3.15. The Balaban J connectivity index is 1.65. The molecule has 0 aliphatic heterocycles. The number of thiophene rings is 1. The Morgan fingerprint density at radius 2 is 2.50 bits per heavy atom. The molecule has 1 unspecified atom stereocenters. The predicted octanol–water partition coefficient (Wildman–Crippen LogP) is 2.08. The van der Waals surface area contributed by atoms with Gasteiger partial charge in [0.1, 0.15) is 0 Å². The van der Waals surface area contributed by atoms with E-state index in [9.17, 15) is 0 Å². The van der Waals surface area contributed by atoms with Gasteiger partial charge in [0, 0.05) is 23.7 Å². The summed E-state index contributed by atoms with van der Waals surface area (Å²) in [6.45, 7) is 4.12. The number of hydrogen-bond donors (Lipinski definition) is 1. The smallest absolute Gasteiger partial charge is 0.0692 e. The lowest BCUT2D eigenvalue weighted by molar-refractivity contribution is 0.502. The summed E-state index contributed by atoms with van der Waals surface area (Å²) in [5, 5.41) is 13.3. The van der Waals surface area contributed by atoms with Crippen molar-refractivity contribution in [3.8, 4) is 0 Å². The van der Waals surface area contributed by atoms with E-state index < -0.39 is 0 Å². The molecule has 16 heavy (non-hydrogen) atoms. The molecule has 2 aromatic rings. The van der Waals surface area contributed by atoms with Gasteiger partial charge in [0.25, 0.3) is 0 Å². The van der Waals surface area contributed by atoms with Crippen LogP contribution in [-0.2, 0) is 6.54 Å². The van der Waals surface area contributed by atoms with Crippen molar-refractivity contribution in [1.29, 1.82) is 0 Å². The number of nitrogens with one attached hydrogen (secondary N) is 1. The first kappa shape index (κ1) is 11.3. The van der Waals surface area contributed by atoms with Crippen molar-refractivity contribution in [3.05, 3.63) is 34.8 Å². The third-order valence-corrected chi connectivity index (χ3v) is 3.51. The highest BCUT2D eigenvalue weighted by Crippen LogP contribution is 2.17. The van der Waals surface area contributed by atoms with Gasteiger partial charge < -0.3 is 5.32 Å². The summed E-state index contributed by atoms with van der Waals surface area (Å²) in [6, 6.07) is 4.70. The Kier molecular flexibility index (Phi) is 4.07. The van der Waals surface area contributed by atoms with Crippen LogP contribution in [-0.4, -0.2) is 21.5 Å². The molecule has 86 valence electrons. The molecule has 0 fully saturated rings. The molecule has 2 heterocycles. The van der Waals surface area contributed by atoms with Crippen LogP contribution in [0.4, 0.5) is 0 Å². The summed E-state index contributed by atoms with van der Waals surface area (Å²) in [5.41, 5.74) is 0. The van der Waals surface area contributed by atoms with E-state index in [1.807, 2.05) is 10.9 Å². The molecule has 1 N–H and O–H groups in total. The number of rotatable bonds is 6. The summed E-state index contributed by atoms with van der Waals surface area (Å²) < 4.78 is 1.86. The van der Waals surface area contributed by atoms with Gasteiger partial charge in [-0.15, -0.1) is 16.4 Å². The van der Waals surface area contributed by atoms with Crippen LogP contribution in [0.25, 0.3) is 0 Å². The molecular formula is C11H16N4S. The molecule has 5 heteroatoms. The second-order valence-corrected chi connectivity index (χ2v) is 4.69. The van der Waals surface area contributed by atoms with E-state index in [0.29, 0.717) is 6.04 Å². The lowest BCUT2D eigenvalue weighted by atomic mass is 10.2. The molecule has 0 amide bonds. The van der Waals surface area contributed by atoms with Gasteiger partial charge in [0.05, 0.1) is 6.20 Å². The SMILES string of the molecule is CC(NCCCn1ccnn1)c1cccs1. The molecule has 2 aromatic heterocycles. The zero-order valence-electron chi connectivity index (χ0n) is 9.34. The second kappa shape index (κ2) is 5.77. The van der Waals surface area contributed by atoms with E-state index >= 15 is 0 Å². The molecule has 0 saturated heterocycles. The molecule has 1 atom stereocenters. The fraction of sp³-hybridized carbons (Fsp3) is 0.455. The first-order valence-corrected chi connectivity index (χ1v) is 6.35. The maximum atomic E-state index is 3.92. The van der Waals surface area contributed by atoms with E-state index in [1.54, 1.807) is 17.5 Å². The molecule has 0 saturated carbocycles. The van der Waals surface area contributed by atoms with E-state index in [0.717, 1.165) is 19.5 Å². The van der Waals surface area contributed by atoms with Gasteiger partial charge in [-0.1, -0.05) is 11.3 Å². The Morgan fingerprint density at radius 1 is 1.56 bits per heavy atom. The highest BCUT2D eigenvalue weighted by Gasteiger charge is 2.04. The number of aromatic nitrogens is 3. The van der Waals surface area contributed by atoms with Gasteiger partial charge in [0.15, 0.2) is 0 Å². The molecule has 0 bridgehead atoms. The highest BCUT2D eigenvalue weighted by molar-refractivity contribution is 7.10. The quantitative estimate of drug-likeness (QED) is 0.781. The topological polar surface area (TPSA) is 42.7 Å². The zero-order valence-corrected chi connectivity index (χ0v) is 10.2. The fourth-order valence-electron chi connectivity index (χ4n) is 1.55. The maximum Gasteiger partial charge on any atom is 0.0692 e. The molecule has 4 nitrogen and oxygen atoms in total. The third-order valence-electron chi connectivity index (χ3n) is 2.46. The van der Waals surface area contributed by atoms with E-state index in [2.05, 4.69) is 40.1 Å². The predicted molar refractivity (Wildman–Crippen MR) is 65.4 cm³/mol. The first-order valence-electron chi connectivity index (χ1n) is 5.47. The minimum Gasteiger partial charge on any atom is -0.309 e. The van der Waals surface area contributed by atoms with Crippen LogP contribution in [0.1, 0.15) is 24.3 Å². The molecule has 0 aromatic carbocycles. The van der Waals surface area contributed by atoms with Crippen LogP contribution in [0.2, 0.25) is 0 Å². The van der Waals surface area contributed by atoms with Crippen LogP contribution in [0, 0.1) is 0 Å². The largest absolute Gasteiger partial charge is 0.309 e. The standard InChI is InChI=1S/C11H16N4S/c1-10(11-4-2-9-16-11)12-5-3-7-15-8-6-13-14-15/h2,4,6,8-10,12H,3,5,7H2,1H3. The summed E-state index contributed by atoms with van der Waals surface area (Å²) in [6.07, 6.45) is 4.67. The second-order valence-electron chi connectivity index (χ2n) is 3.71. The summed E-state index contributed by atoms with van der Waals surface area (Å²) in [4.78, 5) is 1.39. The van der Waals surface area contributed by atoms with Crippen LogP contribution in [0.3, 0.4) is 0 Å². The summed E-state index contributed by atoms with van der Waals surface area (Å²) in [7, 11) is 0. The number of nitrogens with zero attached hydrogens (tertiary/aromatic N) is 3. The van der Waals surface area contributed by atoms with Crippen molar-refractivity contribution in [2.45, 2.75) is 25.9 Å². The van der Waals surface area contributed by atoms with Crippen LogP contribution >= 0.6 is 11.3 Å². The van der Waals surface area contributed by atoms with Crippen molar-refractivity contribution in [2.75, 3.05) is 6.54 Å². The van der Waals surface area contributed by atoms with Crippen molar-refractivity contribution < 1.29 is 0 Å². The van der Waals surface area contributed by atoms with Gasteiger partial charge in [0.2, 0.25) is 0 Å². The Hall–Kier alpha value is -1.20. The molecular weight excluding hydrogens is 220 g/mol. The van der Waals surface area contributed by atoms with Gasteiger partial charge in [-0.25, -0.2) is 0 Å². The normalized spacial score (nSPS) is 12.8. The lowest BCUT2D eigenvalue weighted by Crippen LogP contribution is -2.20. The first-order chi connectivity index (χ1) is 7.86.